The standard InChI is InChI=1S/C14H10Cl3NO2/c15-9-3-4-13(11(5-9)14(18)19)20-7-8-1-2-10(16)6-12(8)17/h1-6H,7H2,(H2,18,19). The summed E-state index contributed by atoms with van der Waals surface area (Å²) in [5, 5.41) is 1.45. The molecule has 0 aliphatic rings. The van der Waals surface area contributed by atoms with Crippen LogP contribution in [0.2, 0.25) is 15.1 Å². The number of hydrogen-bond acceptors (Lipinski definition) is 2. The lowest BCUT2D eigenvalue weighted by Gasteiger charge is -2.11. The lowest BCUT2D eigenvalue weighted by atomic mass is 10.2. The highest BCUT2D eigenvalue weighted by Gasteiger charge is 2.11. The van der Waals surface area contributed by atoms with Gasteiger partial charge in [0.15, 0.2) is 0 Å². The predicted molar refractivity (Wildman–Crippen MR) is 80.8 cm³/mol. The fraction of sp³-hybridized carbons (Fsp3) is 0.0714. The number of amides is 1. The van der Waals surface area contributed by atoms with Gasteiger partial charge in [-0.25, -0.2) is 0 Å². The van der Waals surface area contributed by atoms with Crippen LogP contribution in [0.3, 0.4) is 0 Å². The SMILES string of the molecule is NC(=O)c1cc(Cl)ccc1OCc1ccc(Cl)cc1Cl. The summed E-state index contributed by atoms with van der Waals surface area (Å²) in [6.45, 7) is 0.192. The van der Waals surface area contributed by atoms with Gasteiger partial charge in [0.05, 0.1) is 5.56 Å². The molecule has 0 bridgehead atoms. The van der Waals surface area contributed by atoms with Crippen LogP contribution in [0.15, 0.2) is 36.4 Å². The minimum absolute atomic E-state index is 0.192. The van der Waals surface area contributed by atoms with Crippen molar-refractivity contribution in [3.05, 3.63) is 62.6 Å². The summed E-state index contributed by atoms with van der Waals surface area (Å²) in [6, 6.07) is 9.76. The number of carbonyl (C=O) groups excluding carboxylic acids is 1. The van der Waals surface area contributed by atoms with E-state index in [9.17, 15) is 4.79 Å². The molecule has 104 valence electrons. The van der Waals surface area contributed by atoms with E-state index in [4.69, 9.17) is 45.3 Å². The third kappa shape index (κ3) is 3.57. The number of hydrogen-bond donors (Lipinski definition) is 1. The summed E-state index contributed by atoms with van der Waals surface area (Å²) in [5.41, 5.74) is 6.26. The van der Waals surface area contributed by atoms with Crippen LogP contribution >= 0.6 is 34.8 Å². The fourth-order valence-corrected chi connectivity index (χ4v) is 2.25. The van der Waals surface area contributed by atoms with Crippen molar-refractivity contribution in [3.8, 4) is 5.75 Å². The predicted octanol–water partition coefficient (Wildman–Crippen LogP) is 4.32. The first-order chi connectivity index (χ1) is 9.47. The van der Waals surface area contributed by atoms with Crippen molar-refractivity contribution in [3.63, 3.8) is 0 Å². The normalized spacial score (nSPS) is 10.3. The van der Waals surface area contributed by atoms with E-state index >= 15 is 0 Å². The van der Waals surface area contributed by atoms with E-state index in [1.807, 2.05) is 0 Å². The van der Waals surface area contributed by atoms with Crippen molar-refractivity contribution in [2.24, 2.45) is 5.73 Å². The van der Waals surface area contributed by atoms with Crippen molar-refractivity contribution < 1.29 is 9.53 Å². The van der Waals surface area contributed by atoms with Gasteiger partial charge in [-0.05, 0) is 30.3 Å². The molecule has 0 aromatic heterocycles. The summed E-state index contributed by atoms with van der Waals surface area (Å²) in [5.74, 6) is -0.252. The number of carbonyl (C=O) groups is 1. The molecule has 2 aromatic rings. The van der Waals surface area contributed by atoms with E-state index in [0.717, 1.165) is 5.56 Å². The van der Waals surface area contributed by atoms with Gasteiger partial charge in [-0.1, -0.05) is 40.9 Å². The van der Waals surface area contributed by atoms with Gasteiger partial charge in [-0.2, -0.15) is 0 Å². The Kier molecular flexibility index (Phi) is 4.76. The molecule has 20 heavy (non-hydrogen) atoms. The number of nitrogens with two attached hydrogens (primary N) is 1. The van der Waals surface area contributed by atoms with Gasteiger partial charge in [-0.3, -0.25) is 4.79 Å². The average Bonchev–Trinajstić information content (AvgIpc) is 2.38. The number of benzene rings is 2. The van der Waals surface area contributed by atoms with E-state index < -0.39 is 5.91 Å². The first-order valence-electron chi connectivity index (χ1n) is 5.63. The summed E-state index contributed by atoms with van der Waals surface area (Å²) in [7, 11) is 0. The zero-order valence-corrected chi connectivity index (χ0v) is 12.5. The Morgan fingerprint density at radius 3 is 2.35 bits per heavy atom. The van der Waals surface area contributed by atoms with Crippen LogP contribution in [-0.4, -0.2) is 5.91 Å². The van der Waals surface area contributed by atoms with Crippen LogP contribution in [0, 0.1) is 0 Å². The van der Waals surface area contributed by atoms with Gasteiger partial charge in [-0.15, -0.1) is 0 Å². The van der Waals surface area contributed by atoms with E-state index in [2.05, 4.69) is 0 Å². The quantitative estimate of drug-likeness (QED) is 0.907. The molecule has 2 N–H and O–H groups in total. The molecule has 3 nitrogen and oxygen atoms in total. The molecule has 0 radical (unpaired) electrons. The van der Waals surface area contributed by atoms with E-state index in [0.29, 0.717) is 20.8 Å². The molecular formula is C14H10Cl3NO2. The molecule has 0 saturated heterocycles. The smallest absolute Gasteiger partial charge is 0.252 e. The third-order valence-corrected chi connectivity index (χ3v) is 3.43. The maximum Gasteiger partial charge on any atom is 0.252 e. The molecule has 0 spiro atoms. The largest absolute Gasteiger partial charge is 0.488 e. The Hall–Kier alpha value is -1.42. The molecule has 0 aliphatic heterocycles. The maximum atomic E-state index is 11.3. The van der Waals surface area contributed by atoms with Crippen LogP contribution in [0.1, 0.15) is 15.9 Å². The van der Waals surface area contributed by atoms with Crippen LogP contribution < -0.4 is 10.5 Å². The molecule has 0 heterocycles. The minimum atomic E-state index is -0.607. The van der Waals surface area contributed by atoms with E-state index in [1.54, 1.807) is 30.3 Å². The molecule has 0 aliphatic carbocycles. The van der Waals surface area contributed by atoms with Crippen LogP contribution in [0.5, 0.6) is 5.75 Å². The van der Waals surface area contributed by atoms with Gasteiger partial charge in [0.25, 0.3) is 5.91 Å². The van der Waals surface area contributed by atoms with Crippen molar-refractivity contribution in [1.82, 2.24) is 0 Å². The highest BCUT2D eigenvalue weighted by atomic mass is 35.5. The second-order valence-corrected chi connectivity index (χ2v) is 5.31. The molecule has 0 atom stereocenters. The highest BCUT2D eigenvalue weighted by Crippen LogP contribution is 2.26. The first-order valence-corrected chi connectivity index (χ1v) is 6.77. The van der Waals surface area contributed by atoms with Gasteiger partial charge in [0.2, 0.25) is 0 Å². The summed E-state index contributed by atoms with van der Waals surface area (Å²) >= 11 is 17.7. The lowest BCUT2D eigenvalue weighted by Crippen LogP contribution is -2.13. The zero-order chi connectivity index (χ0) is 14.7. The van der Waals surface area contributed by atoms with Crippen molar-refractivity contribution in [1.29, 1.82) is 0 Å². The summed E-state index contributed by atoms with van der Waals surface area (Å²) < 4.78 is 5.57. The van der Waals surface area contributed by atoms with Gasteiger partial charge in [0, 0.05) is 20.6 Å². The van der Waals surface area contributed by atoms with Crippen LogP contribution in [0.25, 0.3) is 0 Å². The minimum Gasteiger partial charge on any atom is -0.488 e. The Labute approximate surface area is 131 Å². The maximum absolute atomic E-state index is 11.3. The van der Waals surface area contributed by atoms with Crippen molar-refractivity contribution in [2.75, 3.05) is 0 Å². The second-order valence-electron chi connectivity index (χ2n) is 4.03. The van der Waals surface area contributed by atoms with E-state index in [-0.39, 0.29) is 12.2 Å². The Morgan fingerprint density at radius 2 is 1.70 bits per heavy atom. The van der Waals surface area contributed by atoms with Gasteiger partial charge in [0.1, 0.15) is 12.4 Å². The highest BCUT2D eigenvalue weighted by molar-refractivity contribution is 6.35. The molecule has 2 aromatic carbocycles. The lowest BCUT2D eigenvalue weighted by molar-refractivity contribution is 0.0996. The van der Waals surface area contributed by atoms with Crippen molar-refractivity contribution >= 4 is 40.7 Å². The third-order valence-electron chi connectivity index (χ3n) is 2.61. The number of halogens is 3. The molecule has 0 saturated carbocycles. The Balaban J connectivity index is 2.20. The summed E-state index contributed by atoms with van der Waals surface area (Å²) in [6.07, 6.45) is 0. The number of ether oxygens (including phenoxy) is 1. The number of primary amides is 1. The molecular weight excluding hydrogens is 321 g/mol. The van der Waals surface area contributed by atoms with Crippen LogP contribution in [0.4, 0.5) is 0 Å². The Morgan fingerprint density at radius 1 is 1.05 bits per heavy atom. The molecule has 1 amide bonds. The zero-order valence-electron chi connectivity index (χ0n) is 10.2. The molecule has 0 unspecified atom stereocenters. The number of rotatable bonds is 4. The Bertz CT molecular complexity index is 659. The monoisotopic (exact) mass is 329 g/mol. The second kappa shape index (κ2) is 6.35. The van der Waals surface area contributed by atoms with Gasteiger partial charge >= 0.3 is 0 Å². The molecule has 6 heteroatoms. The molecule has 2 rings (SSSR count). The van der Waals surface area contributed by atoms with Crippen molar-refractivity contribution in [2.45, 2.75) is 6.61 Å². The molecule has 0 fully saturated rings. The van der Waals surface area contributed by atoms with E-state index in [1.165, 1.54) is 6.07 Å². The summed E-state index contributed by atoms with van der Waals surface area (Å²) in [4.78, 5) is 11.3. The topological polar surface area (TPSA) is 52.3 Å². The average molecular weight is 331 g/mol. The first kappa shape index (κ1) is 15.0. The van der Waals surface area contributed by atoms with Crippen LogP contribution in [-0.2, 0) is 6.61 Å². The fourth-order valence-electron chi connectivity index (χ4n) is 1.61. The van der Waals surface area contributed by atoms with Gasteiger partial charge < -0.3 is 10.5 Å².